The topological polar surface area (TPSA) is 53.7 Å². The molecule has 0 aliphatic heterocycles. The molecule has 1 heterocycles. The average molecular weight is 250 g/mol. The number of rotatable bonds is 4. The van der Waals surface area contributed by atoms with Crippen LogP contribution in [0.1, 0.15) is 16.7 Å². The maximum absolute atomic E-state index is 8.84. The highest BCUT2D eigenvalue weighted by molar-refractivity contribution is 5.69. The Balaban J connectivity index is 2.11. The number of hydrogen-bond acceptors (Lipinski definition) is 2. The molecule has 2 rings (SSSR count). The second kappa shape index (κ2) is 6.48. The molecule has 1 aromatic heterocycles. The smallest absolute Gasteiger partial charge is 0.169 e. The van der Waals surface area contributed by atoms with Gasteiger partial charge in [0.2, 0.25) is 0 Å². The monoisotopic (exact) mass is 250 g/mol. The summed E-state index contributed by atoms with van der Waals surface area (Å²) in [6.45, 7) is 1.47. The van der Waals surface area contributed by atoms with Crippen molar-refractivity contribution in [3.63, 3.8) is 0 Å². The van der Waals surface area contributed by atoms with Gasteiger partial charge >= 0.3 is 0 Å². The van der Waals surface area contributed by atoms with Gasteiger partial charge in [-0.25, -0.2) is 4.57 Å². The quantitative estimate of drug-likeness (QED) is 0.843. The summed E-state index contributed by atoms with van der Waals surface area (Å²) in [7, 11) is 0. The van der Waals surface area contributed by atoms with Gasteiger partial charge in [0.1, 0.15) is 0 Å². The molecule has 3 heteroatoms. The lowest BCUT2D eigenvalue weighted by molar-refractivity contribution is -0.694. The van der Waals surface area contributed by atoms with Crippen LogP contribution in [0.3, 0.4) is 0 Å². The van der Waals surface area contributed by atoms with Crippen LogP contribution in [-0.2, 0) is 6.54 Å². The van der Waals surface area contributed by atoms with Gasteiger partial charge < -0.3 is 5.73 Å². The van der Waals surface area contributed by atoms with E-state index in [1.54, 1.807) is 6.07 Å². The average Bonchev–Trinajstić information content (AvgIpc) is 2.47. The number of pyridine rings is 1. The van der Waals surface area contributed by atoms with Crippen LogP contribution in [0.25, 0.3) is 12.2 Å². The molecule has 94 valence electrons. The predicted molar refractivity (Wildman–Crippen MR) is 75.8 cm³/mol. The Morgan fingerprint density at radius 2 is 1.84 bits per heavy atom. The minimum absolute atomic E-state index is 0.640. The molecule has 0 aliphatic rings. The summed E-state index contributed by atoms with van der Waals surface area (Å²) >= 11 is 0. The highest BCUT2D eigenvalue weighted by atomic mass is 14.9. The van der Waals surface area contributed by atoms with Crippen LogP contribution in [0.15, 0.2) is 48.8 Å². The normalized spacial score (nSPS) is 10.5. The molecular weight excluding hydrogens is 234 g/mol. The first-order chi connectivity index (χ1) is 9.31. The highest BCUT2D eigenvalue weighted by Gasteiger charge is 1.97. The van der Waals surface area contributed by atoms with Gasteiger partial charge in [0.05, 0.1) is 18.2 Å². The molecule has 2 aromatic rings. The van der Waals surface area contributed by atoms with E-state index in [-0.39, 0.29) is 0 Å². The number of nitriles is 1. The fraction of sp³-hybridized carbons (Fsp3) is 0.125. The minimum atomic E-state index is 0.640. The summed E-state index contributed by atoms with van der Waals surface area (Å²) in [6, 6.07) is 13.8. The lowest BCUT2D eigenvalue weighted by atomic mass is 10.1. The van der Waals surface area contributed by atoms with Crippen molar-refractivity contribution in [3.05, 3.63) is 65.5 Å². The van der Waals surface area contributed by atoms with Crippen molar-refractivity contribution in [1.29, 1.82) is 5.26 Å². The van der Waals surface area contributed by atoms with Gasteiger partial charge in [-0.15, -0.1) is 0 Å². The Bertz CT molecular complexity index is 607. The first-order valence-corrected chi connectivity index (χ1v) is 6.19. The van der Waals surface area contributed by atoms with E-state index >= 15 is 0 Å². The second-order valence-corrected chi connectivity index (χ2v) is 4.23. The van der Waals surface area contributed by atoms with E-state index in [4.69, 9.17) is 11.0 Å². The van der Waals surface area contributed by atoms with E-state index in [0.29, 0.717) is 12.1 Å². The molecule has 1 aromatic carbocycles. The van der Waals surface area contributed by atoms with E-state index in [1.165, 1.54) is 0 Å². The molecule has 0 fully saturated rings. The molecule has 0 aliphatic carbocycles. The second-order valence-electron chi connectivity index (χ2n) is 4.23. The Morgan fingerprint density at radius 1 is 1.11 bits per heavy atom. The zero-order valence-electron chi connectivity index (χ0n) is 10.7. The largest absolute Gasteiger partial charge is 0.325 e. The van der Waals surface area contributed by atoms with Crippen molar-refractivity contribution in [2.24, 2.45) is 5.73 Å². The SMILES string of the molecule is N#Cc1cccc(/C=C/c2cc[n+](CCN)cc2)c1. The van der Waals surface area contributed by atoms with Crippen molar-refractivity contribution < 1.29 is 4.57 Å². The zero-order chi connectivity index (χ0) is 13.5. The fourth-order valence-electron chi connectivity index (χ4n) is 1.78. The van der Waals surface area contributed by atoms with Crippen molar-refractivity contribution in [1.82, 2.24) is 0 Å². The zero-order valence-corrected chi connectivity index (χ0v) is 10.7. The third-order valence-corrected chi connectivity index (χ3v) is 2.79. The fourth-order valence-corrected chi connectivity index (χ4v) is 1.78. The Kier molecular flexibility index (Phi) is 4.44. The lowest BCUT2D eigenvalue weighted by Gasteiger charge is -1.96. The van der Waals surface area contributed by atoms with Gasteiger partial charge in [-0.3, -0.25) is 0 Å². The summed E-state index contributed by atoms with van der Waals surface area (Å²) in [5.41, 5.74) is 8.32. The standard InChI is InChI=1S/C16H16N3/c17-8-11-19-9-6-14(7-10-19)4-5-15-2-1-3-16(12-15)13-18/h1-7,9-10,12H,8,11,17H2/q+1/b5-4+. The van der Waals surface area contributed by atoms with Crippen molar-refractivity contribution in [2.75, 3.05) is 6.54 Å². The van der Waals surface area contributed by atoms with E-state index in [9.17, 15) is 0 Å². The third kappa shape index (κ3) is 3.77. The number of aromatic nitrogens is 1. The maximum Gasteiger partial charge on any atom is 0.169 e. The molecule has 0 radical (unpaired) electrons. The van der Waals surface area contributed by atoms with E-state index < -0.39 is 0 Å². The summed E-state index contributed by atoms with van der Waals surface area (Å²) < 4.78 is 2.05. The van der Waals surface area contributed by atoms with Crippen molar-refractivity contribution >= 4 is 12.2 Å². The first kappa shape index (κ1) is 13.0. The van der Waals surface area contributed by atoms with Gasteiger partial charge in [0.15, 0.2) is 18.9 Å². The molecule has 0 saturated heterocycles. The summed E-state index contributed by atoms with van der Waals surface area (Å²) in [6.07, 6.45) is 8.06. The van der Waals surface area contributed by atoms with Crippen LogP contribution in [0.2, 0.25) is 0 Å². The van der Waals surface area contributed by atoms with Crippen LogP contribution < -0.4 is 10.3 Å². The molecule has 0 saturated carbocycles. The minimum Gasteiger partial charge on any atom is -0.325 e. The Labute approximate surface area is 113 Å². The molecule has 0 spiro atoms. The molecule has 0 atom stereocenters. The molecular formula is C16H16N3+. The molecule has 3 nitrogen and oxygen atoms in total. The van der Waals surface area contributed by atoms with Gasteiger partial charge in [-0.2, -0.15) is 5.26 Å². The number of hydrogen-bond donors (Lipinski definition) is 1. The summed E-state index contributed by atoms with van der Waals surface area (Å²) in [5.74, 6) is 0. The molecule has 0 amide bonds. The maximum atomic E-state index is 8.84. The van der Waals surface area contributed by atoms with Gasteiger partial charge in [-0.05, 0) is 23.3 Å². The highest BCUT2D eigenvalue weighted by Crippen LogP contribution is 2.09. The Hall–Kier alpha value is -2.44. The molecule has 2 N–H and O–H groups in total. The molecule has 0 bridgehead atoms. The van der Waals surface area contributed by atoms with Crippen LogP contribution in [0.5, 0.6) is 0 Å². The number of nitrogens with zero attached hydrogens (tertiary/aromatic N) is 2. The summed E-state index contributed by atoms with van der Waals surface area (Å²) in [4.78, 5) is 0. The van der Waals surface area contributed by atoms with Crippen LogP contribution in [-0.4, -0.2) is 6.54 Å². The third-order valence-electron chi connectivity index (χ3n) is 2.79. The van der Waals surface area contributed by atoms with Crippen LogP contribution in [0.4, 0.5) is 0 Å². The van der Waals surface area contributed by atoms with E-state index in [0.717, 1.165) is 17.7 Å². The molecule has 0 unspecified atom stereocenters. The van der Waals surface area contributed by atoms with Gasteiger partial charge in [-0.1, -0.05) is 24.3 Å². The predicted octanol–water partition coefficient (Wildman–Crippen LogP) is 1.97. The van der Waals surface area contributed by atoms with E-state index in [2.05, 4.69) is 6.07 Å². The van der Waals surface area contributed by atoms with Crippen molar-refractivity contribution in [3.8, 4) is 6.07 Å². The van der Waals surface area contributed by atoms with Gasteiger partial charge in [0, 0.05) is 12.1 Å². The van der Waals surface area contributed by atoms with Crippen molar-refractivity contribution in [2.45, 2.75) is 6.54 Å². The van der Waals surface area contributed by atoms with E-state index in [1.807, 2.05) is 59.4 Å². The lowest BCUT2D eigenvalue weighted by Crippen LogP contribution is -2.36. The number of benzene rings is 1. The van der Waals surface area contributed by atoms with Crippen LogP contribution in [0, 0.1) is 11.3 Å². The summed E-state index contributed by atoms with van der Waals surface area (Å²) in [5, 5.41) is 8.84. The number of nitrogens with two attached hydrogens (primary N) is 1. The Morgan fingerprint density at radius 3 is 2.53 bits per heavy atom. The molecule has 19 heavy (non-hydrogen) atoms. The van der Waals surface area contributed by atoms with Gasteiger partial charge in [0.25, 0.3) is 0 Å². The first-order valence-electron chi connectivity index (χ1n) is 6.19. The van der Waals surface area contributed by atoms with Crippen LogP contribution >= 0.6 is 0 Å².